The van der Waals surface area contributed by atoms with E-state index in [-0.39, 0.29) is 36.6 Å². The second-order valence-corrected chi connectivity index (χ2v) is 8.48. The van der Waals surface area contributed by atoms with Crippen molar-refractivity contribution in [2.24, 2.45) is 0 Å². The van der Waals surface area contributed by atoms with E-state index in [1.165, 1.54) is 6.07 Å². The minimum absolute atomic E-state index is 0.0320. The first-order valence-corrected chi connectivity index (χ1v) is 11.2. The molecule has 0 N–H and O–H groups in total. The number of nitrogens with zero attached hydrogens (tertiary/aromatic N) is 6. The molecule has 2 aliphatic rings. The predicted molar refractivity (Wildman–Crippen MR) is 119 cm³/mol. The number of fused-ring (bicyclic) bond motifs is 1. The Morgan fingerprint density at radius 3 is 2.85 bits per heavy atom. The second kappa shape index (κ2) is 8.73. The molecule has 2 aromatic heterocycles. The Hall–Kier alpha value is -3.62. The number of hydrogen-bond donors (Lipinski definition) is 0. The van der Waals surface area contributed by atoms with Crippen LogP contribution in [0.15, 0.2) is 42.7 Å². The summed E-state index contributed by atoms with van der Waals surface area (Å²) in [5.41, 5.74) is 2.13. The Balaban J connectivity index is 1.39. The molecule has 0 bridgehead atoms. The zero-order valence-corrected chi connectivity index (χ0v) is 18.4. The van der Waals surface area contributed by atoms with Gasteiger partial charge in [-0.05, 0) is 43.9 Å². The van der Waals surface area contributed by atoms with Crippen LogP contribution in [0.2, 0.25) is 0 Å². The number of carbonyl (C=O) groups is 2. The summed E-state index contributed by atoms with van der Waals surface area (Å²) in [5, 5.41) is 4.12. The fourth-order valence-electron chi connectivity index (χ4n) is 4.67. The molecular formula is C24H25FN6O2. The minimum Gasteiger partial charge on any atom is -0.331 e. The molecule has 33 heavy (non-hydrogen) atoms. The Bertz CT molecular complexity index is 1200. The van der Waals surface area contributed by atoms with Gasteiger partial charge >= 0.3 is 0 Å². The van der Waals surface area contributed by atoms with Gasteiger partial charge in [0.25, 0.3) is 0 Å². The number of benzene rings is 1. The maximum atomic E-state index is 14.1. The van der Waals surface area contributed by atoms with Gasteiger partial charge in [0, 0.05) is 36.7 Å². The maximum absolute atomic E-state index is 14.1. The van der Waals surface area contributed by atoms with Crippen LogP contribution in [-0.2, 0) is 29.0 Å². The van der Waals surface area contributed by atoms with Crippen LogP contribution in [0, 0.1) is 12.7 Å². The number of halogens is 1. The van der Waals surface area contributed by atoms with Crippen LogP contribution in [0.1, 0.15) is 41.5 Å². The molecule has 0 spiro atoms. The molecule has 4 heterocycles. The van der Waals surface area contributed by atoms with Crippen LogP contribution in [0.5, 0.6) is 0 Å². The number of rotatable bonds is 6. The summed E-state index contributed by atoms with van der Waals surface area (Å²) in [6, 6.07) is 8.15. The number of hydrogen-bond acceptors (Lipinski definition) is 5. The first-order chi connectivity index (χ1) is 16.0. The van der Waals surface area contributed by atoms with Crippen LogP contribution < -0.4 is 4.90 Å². The standard InChI is InChI=1S/C24H25FN6O2/c1-16-18-14-21(32)31(13-9-17-6-2-3-7-19(17)25)24(18)28-23(27-16)20-8-4-12-30(20)22(33)15-29-11-5-10-26-29/h2-3,5-7,10-11,20H,4,8-9,12-15H2,1H3/t20-/m1/s1. The topological polar surface area (TPSA) is 84.2 Å². The van der Waals surface area contributed by atoms with Crippen LogP contribution in [0.3, 0.4) is 0 Å². The number of aromatic nitrogens is 4. The van der Waals surface area contributed by atoms with Crippen LogP contribution in [-0.4, -0.2) is 49.6 Å². The van der Waals surface area contributed by atoms with Crippen LogP contribution >= 0.6 is 0 Å². The van der Waals surface area contributed by atoms with Gasteiger partial charge in [-0.1, -0.05) is 18.2 Å². The molecule has 2 aliphatic heterocycles. The van der Waals surface area contributed by atoms with Crippen molar-refractivity contribution in [3.8, 4) is 0 Å². The predicted octanol–water partition coefficient (Wildman–Crippen LogP) is 2.62. The lowest BCUT2D eigenvalue weighted by Crippen LogP contribution is -2.35. The van der Waals surface area contributed by atoms with Gasteiger partial charge in [0.2, 0.25) is 11.8 Å². The first-order valence-electron chi connectivity index (χ1n) is 11.2. The van der Waals surface area contributed by atoms with Gasteiger partial charge in [0.1, 0.15) is 18.2 Å². The first kappa shape index (κ1) is 21.2. The zero-order chi connectivity index (χ0) is 22.9. The molecule has 1 aromatic carbocycles. The lowest BCUT2D eigenvalue weighted by atomic mass is 10.1. The van der Waals surface area contributed by atoms with Gasteiger partial charge in [-0.3, -0.25) is 19.2 Å². The summed E-state index contributed by atoms with van der Waals surface area (Å²) in [6.07, 6.45) is 5.68. The number of aryl methyl sites for hydroxylation is 1. The molecule has 3 aromatic rings. The van der Waals surface area contributed by atoms with E-state index < -0.39 is 0 Å². The van der Waals surface area contributed by atoms with Gasteiger partial charge in [0.15, 0.2) is 5.82 Å². The number of carbonyl (C=O) groups excluding carboxylic acids is 2. The highest BCUT2D eigenvalue weighted by Crippen LogP contribution is 2.35. The minimum atomic E-state index is -0.277. The van der Waals surface area contributed by atoms with E-state index in [2.05, 4.69) is 5.10 Å². The fourth-order valence-corrected chi connectivity index (χ4v) is 4.67. The van der Waals surface area contributed by atoms with Crippen LogP contribution in [0.25, 0.3) is 0 Å². The van der Waals surface area contributed by atoms with Crippen LogP contribution in [0.4, 0.5) is 10.2 Å². The van der Waals surface area contributed by atoms with Crippen molar-refractivity contribution in [2.45, 2.75) is 45.2 Å². The highest BCUT2D eigenvalue weighted by molar-refractivity contribution is 6.00. The molecule has 8 nitrogen and oxygen atoms in total. The van der Waals surface area contributed by atoms with Crippen molar-refractivity contribution in [3.05, 3.63) is 71.2 Å². The monoisotopic (exact) mass is 448 g/mol. The van der Waals surface area contributed by atoms with E-state index in [4.69, 9.17) is 9.97 Å². The third-order valence-electron chi connectivity index (χ3n) is 6.38. The van der Waals surface area contributed by atoms with Crippen molar-refractivity contribution in [2.75, 3.05) is 18.0 Å². The summed E-state index contributed by atoms with van der Waals surface area (Å²) < 4.78 is 15.7. The molecule has 0 radical (unpaired) electrons. The molecular weight excluding hydrogens is 423 g/mol. The van der Waals surface area contributed by atoms with E-state index in [0.29, 0.717) is 36.7 Å². The molecule has 0 aliphatic carbocycles. The van der Waals surface area contributed by atoms with Gasteiger partial charge in [0.05, 0.1) is 12.5 Å². The SMILES string of the molecule is Cc1nc([C@H]2CCCN2C(=O)Cn2cccn2)nc2c1CC(=O)N2CCc1ccccc1F. The number of anilines is 1. The quantitative estimate of drug-likeness (QED) is 0.579. The molecule has 0 saturated carbocycles. The average molecular weight is 449 g/mol. The van der Waals surface area contributed by atoms with Gasteiger partial charge in [-0.15, -0.1) is 0 Å². The number of amides is 2. The van der Waals surface area contributed by atoms with E-state index in [9.17, 15) is 14.0 Å². The molecule has 2 amide bonds. The van der Waals surface area contributed by atoms with Crippen molar-refractivity contribution in [1.82, 2.24) is 24.6 Å². The third kappa shape index (κ3) is 4.10. The maximum Gasteiger partial charge on any atom is 0.244 e. The molecule has 5 rings (SSSR count). The largest absolute Gasteiger partial charge is 0.331 e. The second-order valence-electron chi connectivity index (χ2n) is 8.48. The third-order valence-corrected chi connectivity index (χ3v) is 6.38. The van der Waals surface area contributed by atoms with Crippen molar-refractivity contribution in [1.29, 1.82) is 0 Å². The highest BCUT2D eigenvalue weighted by atomic mass is 19.1. The molecule has 0 unspecified atom stereocenters. The summed E-state index contributed by atoms with van der Waals surface area (Å²) in [4.78, 5) is 38.6. The Morgan fingerprint density at radius 2 is 2.06 bits per heavy atom. The molecule has 170 valence electrons. The van der Waals surface area contributed by atoms with Crippen molar-refractivity contribution >= 4 is 17.6 Å². The van der Waals surface area contributed by atoms with Gasteiger partial charge in [-0.2, -0.15) is 5.10 Å². The number of likely N-dealkylation sites (tertiary alicyclic amines) is 1. The normalized spacial score (nSPS) is 17.6. The van der Waals surface area contributed by atoms with E-state index in [1.54, 1.807) is 46.2 Å². The van der Waals surface area contributed by atoms with E-state index in [1.807, 2.05) is 11.8 Å². The van der Waals surface area contributed by atoms with Gasteiger partial charge < -0.3 is 4.90 Å². The fraction of sp³-hybridized carbons (Fsp3) is 0.375. The van der Waals surface area contributed by atoms with Crippen molar-refractivity contribution < 1.29 is 14.0 Å². The van der Waals surface area contributed by atoms with E-state index >= 15 is 0 Å². The summed E-state index contributed by atoms with van der Waals surface area (Å²) >= 11 is 0. The lowest BCUT2D eigenvalue weighted by molar-refractivity contribution is -0.133. The Kier molecular flexibility index (Phi) is 5.62. The molecule has 9 heteroatoms. The Labute approximate surface area is 191 Å². The Morgan fingerprint density at radius 1 is 1.21 bits per heavy atom. The zero-order valence-electron chi connectivity index (χ0n) is 18.4. The summed E-state index contributed by atoms with van der Waals surface area (Å²) in [6.45, 7) is 3.03. The molecule has 1 atom stereocenters. The van der Waals surface area contributed by atoms with E-state index in [0.717, 1.165) is 24.1 Å². The average Bonchev–Trinajstić information content (AvgIpc) is 3.54. The smallest absolute Gasteiger partial charge is 0.244 e. The lowest BCUT2D eigenvalue weighted by Gasteiger charge is -2.25. The summed E-state index contributed by atoms with van der Waals surface area (Å²) in [7, 11) is 0. The van der Waals surface area contributed by atoms with Gasteiger partial charge in [-0.25, -0.2) is 14.4 Å². The van der Waals surface area contributed by atoms with Crippen molar-refractivity contribution in [3.63, 3.8) is 0 Å². The molecule has 1 saturated heterocycles. The molecule has 1 fully saturated rings. The highest BCUT2D eigenvalue weighted by Gasteiger charge is 2.36. The summed E-state index contributed by atoms with van der Waals surface area (Å²) in [5.74, 6) is 0.777.